The molecule has 0 aliphatic rings. The molecule has 0 unspecified atom stereocenters. The van der Waals surface area contributed by atoms with Crippen LogP contribution in [-0.2, 0) is 4.79 Å². The van der Waals surface area contributed by atoms with E-state index in [4.69, 9.17) is 0 Å². The van der Waals surface area contributed by atoms with Crippen LogP contribution < -0.4 is 5.32 Å². The smallest absolute Gasteiger partial charge is 0.221 e. The fourth-order valence-corrected chi connectivity index (χ4v) is 3.21. The lowest BCUT2D eigenvalue weighted by Crippen LogP contribution is -2.33. The van der Waals surface area contributed by atoms with Crippen molar-refractivity contribution in [1.29, 1.82) is 0 Å². The van der Waals surface area contributed by atoms with Crippen molar-refractivity contribution in [3.05, 3.63) is 71.4 Å². The van der Waals surface area contributed by atoms with Gasteiger partial charge in [0.2, 0.25) is 5.91 Å². The van der Waals surface area contributed by atoms with Gasteiger partial charge in [-0.25, -0.2) is 9.37 Å². The molecule has 2 heterocycles. The molecule has 136 valence electrons. The van der Waals surface area contributed by atoms with E-state index >= 15 is 0 Å². The van der Waals surface area contributed by atoms with E-state index in [0.717, 1.165) is 29.0 Å². The molecule has 1 amide bonds. The third kappa shape index (κ3) is 3.77. The molecule has 5 heteroatoms. The number of halogens is 1. The topological polar surface area (TPSA) is 46.4 Å². The van der Waals surface area contributed by atoms with Crippen LogP contribution in [0.3, 0.4) is 0 Å². The number of nitrogens with one attached hydrogen (secondary N) is 1. The lowest BCUT2D eigenvalue weighted by Gasteiger charge is -2.20. The minimum absolute atomic E-state index is 0.0443. The molecule has 1 aromatic carbocycles. The lowest BCUT2D eigenvalue weighted by atomic mass is 9.92. The van der Waals surface area contributed by atoms with E-state index in [1.54, 1.807) is 12.3 Å². The first-order valence-corrected chi connectivity index (χ1v) is 8.97. The number of imidazole rings is 1. The molecule has 2 aromatic heterocycles. The number of aromatic nitrogens is 2. The average molecular weight is 353 g/mol. The number of rotatable bonds is 6. The molecule has 3 aromatic rings. The molecule has 0 fully saturated rings. The Morgan fingerprint density at radius 3 is 2.77 bits per heavy atom. The Bertz CT molecular complexity index is 919. The van der Waals surface area contributed by atoms with Crippen molar-refractivity contribution >= 4 is 11.6 Å². The second-order valence-corrected chi connectivity index (χ2v) is 6.73. The average Bonchev–Trinajstić information content (AvgIpc) is 3.04. The van der Waals surface area contributed by atoms with E-state index in [2.05, 4.69) is 10.3 Å². The highest BCUT2D eigenvalue weighted by atomic mass is 19.1. The standard InChI is InChI=1S/C21H24FN3O/c1-4-14(2)24-21(26)12-18(16-8-6-9-17(22)11-16)19-13-23-20-10-5-7-15(3)25(19)20/h5-11,13-14,18H,4,12H2,1-3H3,(H,24,26)/t14-,18-/m1/s1. The van der Waals surface area contributed by atoms with Crippen molar-refractivity contribution < 1.29 is 9.18 Å². The van der Waals surface area contributed by atoms with Gasteiger partial charge in [0.05, 0.1) is 5.69 Å². The van der Waals surface area contributed by atoms with Gasteiger partial charge >= 0.3 is 0 Å². The Morgan fingerprint density at radius 1 is 1.27 bits per heavy atom. The molecule has 26 heavy (non-hydrogen) atoms. The van der Waals surface area contributed by atoms with Crippen molar-refractivity contribution in [2.45, 2.75) is 45.6 Å². The number of amides is 1. The van der Waals surface area contributed by atoms with Gasteiger partial charge < -0.3 is 9.72 Å². The van der Waals surface area contributed by atoms with Gasteiger partial charge in [0.1, 0.15) is 11.5 Å². The van der Waals surface area contributed by atoms with Crippen LogP contribution in [0.15, 0.2) is 48.7 Å². The van der Waals surface area contributed by atoms with Crippen LogP contribution in [0.5, 0.6) is 0 Å². The molecule has 0 aliphatic heterocycles. The Hall–Kier alpha value is -2.69. The van der Waals surface area contributed by atoms with E-state index < -0.39 is 0 Å². The largest absolute Gasteiger partial charge is 0.354 e. The number of benzene rings is 1. The Balaban J connectivity index is 2.04. The fourth-order valence-electron chi connectivity index (χ4n) is 3.21. The molecule has 0 saturated heterocycles. The van der Waals surface area contributed by atoms with Gasteiger partial charge in [0.25, 0.3) is 0 Å². The quantitative estimate of drug-likeness (QED) is 0.721. The van der Waals surface area contributed by atoms with Crippen molar-refractivity contribution in [2.24, 2.45) is 0 Å². The van der Waals surface area contributed by atoms with Crippen LogP contribution >= 0.6 is 0 Å². The Morgan fingerprint density at radius 2 is 2.04 bits per heavy atom. The summed E-state index contributed by atoms with van der Waals surface area (Å²) in [4.78, 5) is 17.0. The molecule has 1 N–H and O–H groups in total. The molecule has 0 radical (unpaired) electrons. The zero-order valence-electron chi connectivity index (χ0n) is 15.4. The van der Waals surface area contributed by atoms with Crippen molar-refractivity contribution in [1.82, 2.24) is 14.7 Å². The number of nitrogens with zero attached hydrogens (tertiary/aromatic N) is 2. The normalized spacial score (nSPS) is 13.5. The summed E-state index contributed by atoms with van der Waals surface area (Å²) in [5.74, 6) is -0.622. The molecule has 4 nitrogen and oxygen atoms in total. The third-order valence-corrected chi connectivity index (χ3v) is 4.77. The molecule has 3 rings (SSSR count). The fraction of sp³-hybridized carbons (Fsp3) is 0.333. The van der Waals surface area contributed by atoms with Gasteiger partial charge in [-0.2, -0.15) is 0 Å². The van der Waals surface area contributed by atoms with E-state index in [1.807, 2.05) is 49.4 Å². The first kappa shape index (κ1) is 18.1. The second-order valence-electron chi connectivity index (χ2n) is 6.73. The summed E-state index contributed by atoms with van der Waals surface area (Å²) < 4.78 is 15.9. The first-order valence-electron chi connectivity index (χ1n) is 8.97. The maximum atomic E-state index is 13.8. The minimum atomic E-state index is -0.305. The number of carbonyl (C=O) groups excluding carboxylic acids is 1. The number of fused-ring (bicyclic) bond motifs is 1. The maximum Gasteiger partial charge on any atom is 0.221 e. The van der Waals surface area contributed by atoms with Crippen molar-refractivity contribution in [3.63, 3.8) is 0 Å². The van der Waals surface area contributed by atoms with Gasteiger partial charge in [-0.05, 0) is 50.1 Å². The minimum Gasteiger partial charge on any atom is -0.354 e. The summed E-state index contributed by atoms with van der Waals surface area (Å²) in [5, 5.41) is 3.01. The van der Waals surface area contributed by atoms with Gasteiger partial charge in [-0.3, -0.25) is 4.79 Å². The van der Waals surface area contributed by atoms with Gasteiger partial charge in [0, 0.05) is 30.3 Å². The van der Waals surface area contributed by atoms with E-state index in [0.29, 0.717) is 0 Å². The van der Waals surface area contributed by atoms with E-state index in [-0.39, 0.29) is 30.1 Å². The van der Waals surface area contributed by atoms with Crippen molar-refractivity contribution in [2.75, 3.05) is 0 Å². The summed E-state index contributed by atoms with van der Waals surface area (Å²) in [6.07, 6.45) is 2.90. The number of hydrogen-bond acceptors (Lipinski definition) is 2. The SMILES string of the molecule is CC[C@@H](C)NC(=O)C[C@H](c1cccc(F)c1)c1cnc2cccc(C)n12. The first-order chi connectivity index (χ1) is 12.5. The second kappa shape index (κ2) is 7.68. The van der Waals surface area contributed by atoms with Crippen LogP contribution in [0.1, 0.15) is 49.6 Å². The molecular formula is C21H24FN3O. The van der Waals surface area contributed by atoms with Gasteiger partial charge in [-0.1, -0.05) is 25.1 Å². The highest BCUT2D eigenvalue weighted by Gasteiger charge is 2.23. The molecule has 0 saturated carbocycles. The van der Waals surface area contributed by atoms with Crippen LogP contribution in [0, 0.1) is 12.7 Å². The van der Waals surface area contributed by atoms with Crippen LogP contribution in [0.2, 0.25) is 0 Å². The zero-order chi connectivity index (χ0) is 18.7. The maximum absolute atomic E-state index is 13.8. The van der Waals surface area contributed by atoms with Gasteiger partial charge in [-0.15, -0.1) is 0 Å². The number of aryl methyl sites for hydroxylation is 1. The summed E-state index contributed by atoms with van der Waals surface area (Å²) in [5.41, 5.74) is 3.51. The summed E-state index contributed by atoms with van der Waals surface area (Å²) in [6.45, 7) is 6.01. The highest BCUT2D eigenvalue weighted by molar-refractivity contribution is 5.77. The predicted octanol–water partition coefficient (Wildman–Crippen LogP) is 4.22. The predicted molar refractivity (Wildman–Crippen MR) is 101 cm³/mol. The van der Waals surface area contributed by atoms with E-state index in [1.165, 1.54) is 12.1 Å². The molecule has 0 aliphatic carbocycles. The number of hydrogen-bond donors (Lipinski definition) is 1. The Kier molecular flexibility index (Phi) is 5.35. The lowest BCUT2D eigenvalue weighted by molar-refractivity contribution is -0.121. The van der Waals surface area contributed by atoms with Crippen LogP contribution in [0.4, 0.5) is 4.39 Å². The van der Waals surface area contributed by atoms with Crippen molar-refractivity contribution in [3.8, 4) is 0 Å². The summed E-state index contributed by atoms with van der Waals surface area (Å²) in [6, 6.07) is 12.5. The zero-order valence-corrected chi connectivity index (χ0v) is 15.4. The summed E-state index contributed by atoms with van der Waals surface area (Å²) in [7, 11) is 0. The van der Waals surface area contributed by atoms with Crippen LogP contribution in [0.25, 0.3) is 5.65 Å². The summed E-state index contributed by atoms with van der Waals surface area (Å²) >= 11 is 0. The number of pyridine rings is 1. The van der Waals surface area contributed by atoms with Crippen LogP contribution in [-0.4, -0.2) is 21.3 Å². The van der Waals surface area contributed by atoms with E-state index in [9.17, 15) is 9.18 Å². The number of carbonyl (C=O) groups is 1. The van der Waals surface area contributed by atoms with Gasteiger partial charge in [0.15, 0.2) is 0 Å². The molecule has 2 atom stereocenters. The Labute approximate surface area is 153 Å². The monoisotopic (exact) mass is 353 g/mol. The highest BCUT2D eigenvalue weighted by Crippen LogP contribution is 2.30. The molecular weight excluding hydrogens is 329 g/mol. The third-order valence-electron chi connectivity index (χ3n) is 4.77. The molecule has 0 bridgehead atoms. The molecule has 0 spiro atoms.